The summed E-state index contributed by atoms with van der Waals surface area (Å²) in [4.78, 5) is 28.4. The summed E-state index contributed by atoms with van der Waals surface area (Å²) in [6, 6.07) is 11.8. The first-order valence-electron chi connectivity index (χ1n) is 11.0. The standard InChI is InChI=1S/C26H18Cl2F4N4O2/c1-25(2)23(37)36(20-5-3-4-14(12-33)21(20)26(30,31)32)24(38)35(25)13-15-10-16(27)11-19(28)22(15)34-18-8-6-17(29)7-9-18/h3-11,34H,13H2,1-2H3. The van der Waals surface area contributed by atoms with Crippen molar-refractivity contribution in [2.24, 2.45) is 0 Å². The van der Waals surface area contributed by atoms with Crippen LogP contribution in [0.1, 0.15) is 30.5 Å². The van der Waals surface area contributed by atoms with Gasteiger partial charge in [-0.15, -0.1) is 0 Å². The summed E-state index contributed by atoms with van der Waals surface area (Å²) in [5.41, 5.74) is -3.31. The zero-order chi connectivity index (χ0) is 28.0. The molecule has 38 heavy (non-hydrogen) atoms. The van der Waals surface area contributed by atoms with Gasteiger partial charge in [0.2, 0.25) is 0 Å². The Morgan fingerprint density at radius 1 is 1.05 bits per heavy atom. The van der Waals surface area contributed by atoms with Crippen LogP contribution in [-0.4, -0.2) is 22.4 Å². The van der Waals surface area contributed by atoms with E-state index in [4.69, 9.17) is 23.2 Å². The topological polar surface area (TPSA) is 76.4 Å². The Morgan fingerprint density at radius 3 is 2.32 bits per heavy atom. The summed E-state index contributed by atoms with van der Waals surface area (Å²) in [6.07, 6.45) is -5.01. The molecular weight excluding hydrogens is 547 g/mol. The molecule has 0 bridgehead atoms. The maximum absolute atomic E-state index is 13.9. The van der Waals surface area contributed by atoms with E-state index in [-0.39, 0.29) is 16.6 Å². The van der Waals surface area contributed by atoms with Gasteiger partial charge in [-0.05, 0) is 67.9 Å². The van der Waals surface area contributed by atoms with Crippen LogP contribution in [0.3, 0.4) is 0 Å². The van der Waals surface area contributed by atoms with Crippen molar-refractivity contribution in [2.45, 2.75) is 32.1 Å². The van der Waals surface area contributed by atoms with E-state index in [0.717, 1.165) is 17.0 Å². The SMILES string of the molecule is CC1(C)C(=O)N(c2cccc(C#N)c2C(F)(F)F)C(=O)N1Cc1cc(Cl)cc(Cl)c1Nc1ccc(F)cc1. The van der Waals surface area contributed by atoms with Gasteiger partial charge >= 0.3 is 12.2 Å². The lowest BCUT2D eigenvalue weighted by Crippen LogP contribution is -2.43. The fourth-order valence-corrected chi connectivity index (χ4v) is 4.75. The highest BCUT2D eigenvalue weighted by Crippen LogP contribution is 2.43. The number of hydrogen-bond acceptors (Lipinski definition) is 4. The monoisotopic (exact) mass is 564 g/mol. The number of hydrogen-bond donors (Lipinski definition) is 1. The first-order chi connectivity index (χ1) is 17.8. The summed E-state index contributed by atoms with van der Waals surface area (Å²) in [6.45, 7) is 2.53. The van der Waals surface area contributed by atoms with Crippen LogP contribution in [0.4, 0.5) is 39.4 Å². The number of nitriles is 1. The molecule has 1 aliphatic rings. The third-order valence-corrected chi connectivity index (χ3v) is 6.61. The second-order valence-corrected chi connectivity index (χ2v) is 9.77. The molecule has 0 radical (unpaired) electrons. The Hall–Kier alpha value is -3.81. The smallest absolute Gasteiger partial charge is 0.354 e. The van der Waals surface area contributed by atoms with Crippen LogP contribution >= 0.6 is 23.2 Å². The van der Waals surface area contributed by atoms with E-state index in [1.54, 1.807) is 0 Å². The molecule has 1 heterocycles. The Balaban J connectivity index is 1.78. The summed E-state index contributed by atoms with van der Waals surface area (Å²) in [7, 11) is 0. The van der Waals surface area contributed by atoms with Gasteiger partial charge in [0.25, 0.3) is 5.91 Å². The largest absolute Gasteiger partial charge is 0.419 e. The molecule has 196 valence electrons. The third-order valence-electron chi connectivity index (χ3n) is 6.09. The van der Waals surface area contributed by atoms with Crippen molar-refractivity contribution < 1.29 is 27.2 Å². The molecule has 0 spiro atoms. The van der Waals surface area contributed by atoms with E-state index < -0.39 is 46.3 Å². The maximum atomic E-state index is 13.9. The van der Waals surface area contributed by atoms with Gasteiger partial charge in [-0.3, -0.25) is 4.79 Å². The van der Waals surface area contributed by atoms with E-state index in [0.29, 0.717) is 21.8 Å². The van der Waals surface area contributed by atoms with Crippen molar-refractivity contribution >= 4 is 52.2 Å². The Kier molecular flexibility index (Phi) is 7.03. The highest BCUT2D eigenvalue weighted by atomic mass is 35.5. The molecule has 12 heteroatoms. The molecule has 1 fully saturated rings. The van der Waals surface area contributed by atoms with Crippen LogP contribution in [0.15, 0.2) is 54.6 Å². The molecule has 0 saturated carbocycles. The Labute approximate surface area is 225 Å². The number of carbonyl (C=O) groups is 2. The zero-order valence-electron chi connectivity index (χ0n) is 19.8. The molecule has 0 aliphatic carbocycles. The third kappa shape index (κ3) is 4.87. The molecule has 3 amide bonds. The number of nitrogens with one attached hydrogen (secondary N) is 1. The van der Waals surface area contributed by atoms with Crippen LogP contribution in [0.25, 0.3) is 0 Å². The highest BCUT2D eigenvalue weighted by Gasteiger charge is 2.54. The van der Waals surface area contributed by atoms with Gasteiger partial charge in [0.15, 0.2) is 0 Å². The van der Waals surface area contributed by atoms with Crippen molar-refractivity contribution in [3.8, 4) is 6.07 Å². The van der Waals surface area contributed by atoms with E-state index >= 15 is 0 Å². The highest BCUT2D eigenvalue weighted by molar-refractivity contribution is 6.36. The second kappa shape index (κ2) is 9.82. The van der Waals surface area contributed by atoms with Crippen LogP contribution < -0.4 is 10.2 Å². The van der Waals surface area contributed by atoms with E-state index in [1.807, 2.05) is 0 Å². The number of carbonyl (C=O) groups excluding carboxylic acids is 2. The minimum Gasteiger partial charge on any atom is -0.354 e. The molecule has 4 rings (SSSR count). The number of urea groups is 1. The van der Waals surface area contributed by atoms with Gasteiger partial charge in [-0.25, -0.2) is 14.1 Å². The summed E-state index contributed by atoms with van der Waals surface area (Å²) >= 11 is 12.6. The van der Waals surface area contributed by atoms with Crippen molar-refractivity contribution in [1.82, 2.24) is 4.90 Å². The van der Waals surface area contributed by atoms with Crippen molar-refractivity contribution in [3.63, 3.8) is 0 Å². The molecule has 6 nitrogen and oxygen atoms in total. The summed E-state index contributed by atoms with van der Waals surface area (Å²) < 4.78 is 55.2. The second-order valence-electron chi connectivity index (χ2n) is 8.93. The molecule has 1 saturated heterocycles. The minimum atomic E-state index is -5.01. The predicted molar refractivity (Wildman–Crippen MR) is 135 cm³/mol. The minimum absolute atomic E-state index is 0.158. The van der Waals surface area contributed by atoms with Crippen LogP contribution in [0.5, 0.6) is 0 Å². The van der Waals surface area contributed by atoms with Gasteiger partial charge < -0.3 is 10.2 Å². The molecule has 0 aromatic heterocycles. The van der Waals surface area contributed by atoms with Gasteiger partial charge in [0, 0.05) is 10.7 Å². The average molecular weight is 565 g/mol. The van der Waals surface area contributed by atoms with Crippen molar-refractivity contribution in [3.05, 3.63) is 87.2 Å². The number of anilines is 3. The summed E-state index contributed by atoms with van der Waals surface area (Å²) in [5, 5.41) is 12.6. The molecule has 3 aromatic carbocycles. The molecule has 3 aromatic rings. The van der Waals surface area contributed by atoms with Gasteiger partial charge in [0.05, 0.1) is 40.1 Å². The molecular formula is C26H18Cl2F4N4O2. The number of rotatable bonds is 5. The predicted octanol–water partition coefficient (Wildman–Crippen LogP) is 7.51. The Bertz CT molecular complexity index is 1480. The van der Waals surface area contributed by atoms with Gasteiger partial charge in [0.1, 0.15) is 11.4 Å². The number of nitrogens with zero attached hydrogens (tertiary/aromatic N) is 3. The number of halogens is 6. The van der Waals surface area contributed by atoms with Gasteiger partial charge in [-0.1, -0.05) is 29.3 Å². The quantitative estimate of drug-likeness (QED) is 0.257. The fraction of sp³-hybridized carbons (Fsp3) is 0.192. The first kappa shape index (κ1) is 27.2. The van der Waals surface area contributed by atoms with E-state index in [2.05, 4.69) is 5.32 Å². The van der Waals surface area contributed by atoms with Crippen molar-refractivity contribution in [2.75, 3.05) is 10.2 Å². The number of benzene rings is 3. The molecule has 0 atom stereocenters. The lowest BCUT2D eigenvalue weighted by atomic mass is 10.0. The first-order valence-corrected chi connectivity index (χ1v) is 11.8. The lowest BCUT2D eigenvalue weighted by molar-refractivity contribution is -0.137. The van der Waals surface area contributed by atoms with Gasteiger partial charge in [-0.2, -0.15) is 18.4 Å². The average Bonchev–Trinajstić information content (AvgIpc) is 3.00. The molecule has 1 N–H and O–H groups in total. The zero-order valence-corrected chi connectivity index (χ0v) is 21.3. The van der Waals surface area contributed by atoms with Crippen molar-refractivity contribution in [1.29, 1.82) is 5.26 Å². The number of imide groups is 1. The number of amides is 3. The summed E-state index contributed by atoms with van der Waals surface area (Å²) in [5.74, 6) is -1.37. The fourth-order valence-electron chi connectivity index (χ4n) is 4.17. The van der Waals surface area contributed by atoms with Crippen LogP contribution in [-0.2, 0) is 17.5 Å². The number of alkyl halides is 3. The van der Waals surface area contributed by atoms with E-state index in [1.165, 1.54) is 62.4 Å². The Morgan fingerprint density at radius 2 is 1.71 bits per heavy atom. The van der Waals surface area contributed by atoms with Crippen LogP contribution in [0, 0.1) is 17.1 Å². The maximum Gasteiger partial charge on any atom is 0.419 e. The molecule has 1 aliphatic heterocycles. The normalized spacial score (nSPS) is 15.1. The van der Waals surface area contributed by atoms with E-state index in [9.17, 15) is 32.4 Å². The lowest BCUT2D eigenvalue weighted by Gasteiger charge is -2.29. The molecule has 0 unspecified atom stereocenters. The van der Waals surface area contributed by atoms with Crippen LogP contribution in [0.2, 0.25) is 10.0 Å².